The van der Waals surface area contributed by atoms with Gasteiger partial charge < -0.3 is 9.64 Å². The van der Waals surface area contributed by atoms with E-state index in [1.165, 1.54) is 0 Å². The first-order valence-electron chi connectivity index (χ1n) is 8.73. The lowest BCUT2D eigenvalue weighted by atomic mass is 9.93. The van der Waals surface area contributed by atoms with Gasteiger partial charge in [0.1, 0.15) is 11.9 Å². The minimum atomic E-state index is 0.0809. The average molecular weight is 325 g/mol. The van der Waals surface area contributed by atoms with Gasteiger partial charge >= 0.3 is 0 Å². The standard InChI is InChI=1S/C19H23N3O2/c1-12-13(2)24-18-15(12)6-3-7-16(18)19(23)22-10-4-5-14(11-22)17-8-9-20-21-17/h3,6-9,12-14H,4-5,10-11H2,1-2H3,(H,20,21)/t12-,13+,14+/m1/s1. The zero-order chi connectivity index (χ0) is 16.7. The smallest absolute Gasteiger partial charge is 0.257 e. The van der Waals surface area contributed by atoms with Crippen LogP contribution >= 0.6 is 0 Å². The number of amides is 1. The first-order valence-corrected chi connectivity index (χ1v) is 8.73. The number of hydrogen-bond donors (Lipinski definition) is 1. The molecule has 1 aromatic heterocycles. The van der Waals surface area contributed by atoms with Gasteiger partial charge in [-0.05, 0) is 31.9 Å². The summed E-state index contributed by atoms with van der Waals surface area (Å²) >= 11 is 0. The molecule has 24 heavy (non-hydrogen) atoms. The summed E-state index contributed by atoms with van der Waals surface area (Å²) in [6.07, 6.45) is 3.99. The molecule has 1 aromatic carbocycles. The van der Waals surface area contributed by atoms with E-state index in [2.05, 4.69) is 30.1 Å². The summed E-state index contributed by atoms with van der Waals surface area (Å²) in [7, 11) is 0. The second-order valence-electron chi connectivity index (χ2n) is 6.94. The van der Waals surface area contributed by atoms with Gasteiger partial charge in [-0.25, -0.2) is 0 Å². The highest BCUT2D eigenvalue weighted by Crippen LogP contribution is 2.41. The van der Waals surface area contributed by atoms with Gasteiger partial charge in [0.15, 0.2) is 0 Å². The number of likely N-dealkylation sites (tertiary alicyclic amines) is 1. The average Bonchev–Trinajstić information content (AvgIpc) is 3.24. The van der Waals surface area contributed by atoms with Gasteiger partial charge in [0, 0.05) is 42.4 Å². The van der Waals surface area contributed by atoms with Crippen LogP contribution in [0.4, 0.5) is 0 Å². The molecule has 126 valence electrons. The zero-order valence-electron chi connectivity index (χ0n) is 14.2. The Morgan fingerprint density at radius 3 is 3.00 bits per heavy atom. The van der Waals surface area contributed by atoms with Crippen LogP contribution in [0.1, 0.15) is 60.1 Å². The fraction of sp³-hybridized carbons (Fsp3) is 0.474. The van der Waals surface area contributed by atoms with E-state index in [-0.39, 0.29) is 12.0 Å². The molecule has 3 heterocycles. The second-order valence-corrected chi connectivity index (χ2v) is 6.94. The Morgan fingerprint density at radius 2 is 2.21 bits per heavy atom. The number of aromatic nitrogens is 2. The molecule has 2 aliphatic heterocycles. The van der Waals surface area contributed by atoms with E-state index < -0.39 is 0 Å². The van der Waals surface area contributed by atoms with Crippen molar-refractivity contribution in [3.8, 4) is 5.75 Å². The Labute approximate surface area is 142 Å². The zero-order valence-corrected chi connectivity index (χ0v) is 14.2. The van der Waals surface area contributed by atoms with Crippen molar-refractivity contribution in [3.05, 3.63) is 47.3 Å². The molecule has 0 saturated carbocycles. The maximum atomic E-state index is 13.1. The van der Waals surface area contributed by atoms with Crippen molar-refractivity contribution in [2.24, 2.45) is 0 Å². The molecule has 5 heteroatoms. The van der Waals surface area contributed by atoms with Crippen LogP contribution in [0.3, 0.4) is 0 Å². The van der Waals surface area contributed by atoms with Crippen LogP contribution in [0.2, 0.25) is 0 Å². The van der Waals surface area contributed by atoms with Crippen molar-refractivity contribution >= 4 is 5.91 Å². The molecule has 1 N–H and O–H groups in total. The van der Waals surface area contributed by atoms with Crippen LogP contribution < -0.4 is 4.74 Å². The number of aromatic amines is 1. The Balaban J connectivity index is 1.59. The molecule has 1 saturated heterocycles. The van der Waals surface area contributed by atoms with Gasteiger partial charge in [-0.3, -0.25) is 9.89 Å². The lowest BCUT2D eigenvalue weighted by Crippen LogP contribution is -2.39. The van der Waals surface area contributed by atoms with Crippen molar-refractivity contribution in [2.45, 2.75) is 44.6 Å². The molecule has 1 amide bonds. The summed E-state index contributed by atoms with van der Waals surface area (Å²) in [6.45, 7) is 5.75. The second kappa shape index (κ2) is 5.96. The molecule has 2 aliphatic rings. The fourth-order valence-corrected chi connectivity index (χ4v) is 3.83. The summed E-state index contributed by atoms with van der Waals surface area (Å²) < 4.78 is 6.00. The van der Waals surface area contributed by atoms with Crippen LogP contribution in [0.5, 0.6) is 5.75 Å². The molecule has 0 aliphatic carbocycles. The predicted octanol–water partition coefficient (Wildman–Crippen LogP) is 3.31. The highest BCUT2D eigenvalue weighted by molar-refractivity contribution is 5.97. The van der Waals surface area contributed by atoms with Gasteiger partial charge in [0.05, 0.1) is 5.56 Å². The molecule has 1 fully saturated rings. The molecule has 3 atom stereocenters. The lowest BCUT2D eigenvalue weighted by molar-refractivity contribution is 0.0700. The van der Waals surface area contributed by atoms with Gasteiger partial charge in [-0.2, -0.15) is 5.10 Å². The van der Waals surface area contributed by atoms with Crippen molar-refractivity contribution in [1.29, 1.82) is 0 Å². The number of carbonyl (C=O) groups excluding carboxylic acids is 1. The third-order valence-electron chi connectivity index (χ3n) is 5.45. The summed E-state index contributed by atoms with van der Waals surface area (Å²) in [5, 5.41) is 7.09. The Kier molecular flexibility index (Phi) is 3.79. The SMILES string of the molecule is C[C@@H]1Oc2c(C(=O)N3CCC[C@H](c4ccn[nH]4)C3)cccc2[C@@H]1C. The molecule has 0 bridgehead atoms. The van der Waals surface area contributed by atoms with Gasteiger partial charge in [0.2, 0.25) is 0 Å². The molecule has 0 unspecified atom stereocenters. The Morgan fingerprint density at radius 1 is 1.33 bits per heavy atom. The normalized spacial score (nSPS) is 26.1. The van der Waals surface area contributed by atoms with Crippen LogP contribution in [0.25, 0.3) is 0 Å². The number of benzene rings is 1. The molecule has 0 spiro atoms. The largest absolute Gasteiger partial charge is 0.489 e. The van der Waals surface area contributed by atoms with Crippen LogP contribution in [-0.4, -0.2) is 40.2 Å². The number of carbonyl (C=O) groups is 1. The van der Waals surface area contributed by atoms with E-state index in [1.807, 2.05) is 23.1 Å². The highest BCUT2D eigenvalue weighted by Gasteiger charge is 2.33. The van der Waals surface area contributed by atoms with Gasteiger partial charge in [-0.15, -0.1) is 0 Å². The quantitative estimate of drug-likeness (QED) is 0.921. The summed E-state index contributed by atoms with van der Waals surface area (Å²) in [5.74, 6) is 1.52. The van der Waals surface area contributed by atoms with Crippen LogP contribution in [0.15, 0.2) is 30.5 Å². The molecule has 4 rings (SSSR count). The monoisotopic (exact) mass is 325 g/mol. The summed E-state index contributed by atoms with van der Waals surface area (Å²) in [4.78, 5) is 15.1. The van der Waals surface area contributed by atoms with E-state index in [4.69, 9.17) is 4.74 Å². The predicted molar refractivity (Wildman–Crippen MR) is 91.4 cm³/mol. The number of fused-ring (bicyclic) bond motifs is 1. The van der Waals surface area contributed by atoms with E-state index >= 15 is 0 Å². The number of hydrogen-bond acceptors (Lipinski definition) is 3. The number of nitrogens with zero attached hydrogens (tertiary/aromatic N) is 2. The van der Waals surface area contributed by atoms with E-state index in [1.54, 1.807) is 6.20 Å². The molecule has 2 aromatic rings. The van der Waals surface area contributed by atoms with Crippen LogP contribution in [0, 0.1) is 0 Å². The maximum Gasteiger partial charge on any atom is 0.257 e. The van der Waals surface area contributed by atoms with Gasteiger partial charge in [0.25, 0.3) is 5.91 Å². The van der Waals surface area contributed by atoms with E-state index in [0.717, 1.165) is 42.9 Å². The molecular formula is C19H23N3O2. The number of para-hydroxylation sites is 1. The summed E-state index contributed by atoms with van der Waals surface area (Å²) in [6, 6.07) is 7.95. The third-order valence-corrected chi connectivity index (χ3v) is 5.45. The maximum absolute atomic E-state index is 13.1. The minimum absolute atomic E-state index is 0.0809. The molecule has 0 radical (unpaired) electrons. The topological polar surface area (TPSA) is 58.2 Å². The van der Waals surface area contributed by atoms with Gasteiger partial charge in [-0.1, -0.05) is 19.1 Å². The summed E-state index contributed by atoms with van der Waals surface area (Å²) in [5.41, 5.74) is 2.97. The number of H-pyrrole nitrogens is 1. The minimum Gasteiger partial charge on any atom is -0.489 e. The van der Waals surface area contributed by atoms with Crippen molar-refractivity contribution in [1.82, 2.24) is 15.1 Å². The number of ether oxygens (including phenoxy) is 1. The number of piperidine rings is 1. The van der Waals surface area contributed by atoms with Crippen molar-refractivity contribution in [2.75, 3.05) is 13.1 Å². The Bertz CT molecular complexity index is 741. The first-order chi connectivity index (χ1) is 11.6. The molecular weight excluding hydrogens is 302 g/mol. The number of nitrogens with one attached hydrogen (secondary N) is 1. The van der Waals surface area contributed by atoms with Crippen molar-refractivity contribution < 1.29 is 9.53 Å². The fourth-order valence-electron chi connectivity index (χ4n) is 3.83. The highest BCUT2D eigenvalue weighted by atomic mass is 16.5. The van der Waals surface area contributed by atoms with E-state index in [9.17, 15) is 4.79 Å². The molecule has 5 nitrogen and oxygen atoms in total. The van der Waals surface area contributed by atoms with E-state index in [0.29, 0.717) is 17.4 Å². The number of rotatable bonds is 2. The van der Waals surface area contributed by atoms with Crippen LogP contribution in [-0.2, 0) is 0 Å². The van der Waals surface area contributed by atoms with Crippen molar-refractivity contribution in [3.63, 3.8) is 0 Å². The lowest BCUT2D eigenvalue weighted by Gasteiger charge is -2.32. The Hall–Kier alpha value is -2.30. The first kappa shape index (κ1) is 15.2. The third kappa shape index (κ3) is 2.48.